The molecule has 3 heterocycles. The van der Waals surface area contributed by atoms with Crippen molar-refractivity contribution >= 4 is 27.8 Å². The lowest BCUT2D eigenvalue weighted by molar-refractivity contribution is -0.151. The second-order valence-corrected chi connectivity index (χ2v) is 6.81. The van der Waals surface area contributed by atoms with Crippen molar-refractivity contribution in [2.45, 2.75) is 30.6 Å². The molecule has 0 bridgehead atoms. The fourth-order valence-electron chi connectivity index (χ4n) is 3.53. The highest BCUT2D eigenvalue weighted by atomic mass is 79.9. The van der Waals surface area contributed by atoms with Crippen LogP contribution < -0.4 is 10.5 Å². The van der Waals surface area contributed by atoms with E-state index in [1.807, 2.05) is 0 Å². The van der Waals surface area contributed by atoms with E-state index in [2.05, 4.69) is 20.9 Å². The highest BCUT2D eigenvalue weighted by molar-refractivity contribution is 9.10. The maximum absolute atomic E-state index is 13.9. The molecule has 1 spiro atoms. The smallest absolute Gasteiger partial charge is 0.264 e. The van der Waals surface area contributed by atoms with Crippen LogP contribution in [0.25, 0.3) is 0 Å². The van der Waals surface area contributed by atoms with Crippen molar-refractivity contribution in [3.8, 4) is 5.75 Å². The van der Waals surface area contributed by atoms with E-state index in [1.165, 1.54) is 17.0 Å². The molecule has 2 N–H and O–H groups in total. The number of carbonyl (C=O) groups is 1. The summed E-state index contributed by atoms with van der Waals surface area (Å²) in [5.74, 6) is -0.298. The predicted molar refractivity (Wildman–Crippen MR) is 83.6 cm³/mol. The van der Waals surface area contributed by atoms with E-state index in [0.29, 0.717) is 17.9 Å². The monoisotopic (exact) mass is 383 g/mol. The highest BCUT2D eigenvalue weighted by Crippen LogP contribution is 2.50. The van der Waals surface area contributed by atoms with Crippen LogP contribution in [0, 0.1) is 5.82 Å². The molecule has 6 nitrogen and oxygen atoms in total. The quantitative estimate of drug-likeness (QED) is 0.736. The van der Waals surface area contributed by atoms with Gasteiger partial charge in [0.1, 0.15) is 23.8 Å². The Morgan fingerprint density at radius 2 is 2.30 bits per heavy atom. The summed E-state index contributed by atoms with van der Waals surface area (Å²) in [6.07, 6.45) is 0.603. The van der Waals surface area contributed by atoms with Gasteiger partial charge in [0, 0.05) is 25.3 Å². The van der Waals surface area contributed by atoms with E-state index in [-0.39, 0.29) is 22.4 Å². The Morgan fingerprint density at radius 1 is 1.52 bits per heavy atom. The Labute approximate surface area is 140 Å². The standard InChI is InChI=1S/C15H15BrFN3O3/c1-20-13(21)15(19-14(20)18)7-5-8(16)9(17)6-11(7)23-10-3-2-4-22-12(10)15/h5-6,10,12H,2-4H2,1H3,(H2,18,19)/t10-,12-,15-/m0/s1. The van der Waals surface area contributed by atoms with Gasteiger partial charge in [-0.2, -0.15) is 0 Å². The second kappa shape index (κ2) is 4.91. The van der Waals surface area contributed by atoms with Crippen LogP contribution in [0.5, 0.6) is 5.75 Å². The number of ether oxygens (including phenoxy) is 2. The van der Waals surface area contributed by atoms with Gasteiger partial charge in [-0.25, -0.2) is 9.38 Å². The minimum Gasteiger partial charge on any atom is -0.487 e. The van der Waals surface area contributed by atoms with Gasteiger partial charge in [-0.1, -0.05) is 0 Å². The fourth-order valence-corrected chi connectivity index (χ4v) is 3.87. The molecule has 1 saturated heterocycles. The second-order valence-electron chi connectivity index (χ2n) is 5.95. The number of aliphatic imine (C=N–C) groups is 1. The first-order valence-corrected chi connectivity index (χ1v) is 8.15. The molecule has 3 aliphatic rings. The van der Waals surface area contributed by atoms with Gasteiger partial charge >= 0.3 is 0 Å². The Morgan fingerprint density at radius 3 is 3.00 bits per heavy atom. The van der Waals surface area contributed by atoms with Crippen molar-refractivity contribution in [2.24, 2.45) is 10.7 Å². The third-order valence-electron chi connectivity index (χ3n) is 4.66. The van der Waals surface area contributed by atoms with Gasteiger partial charge in [0.05, 0.1) is 4.47 Å². The van der Waals surface area contributed by atoms with Crippen molar-refractivity contribution in [2.75, 3.05) is 13.7 Å². The number of nitrogens with zero attached hydrogens (tertiary/aromatic N) is 2. The number of benzene rings is 1. The van der Waals surface area contributed by atoms with Gasteiger partial charge in [0.15, 0.2) is 5.96 Å². The highest BCUT2D eigenvalue weighted by Gasteiger charge is 2.61. The summed E-state index contributed by atoms with van der Waals surface area (Å²) in [6.45, 7) is 0.524. The molecule has 8 heteroatoms. The molecule has 0 aliphatic carbocycles. The molecule has 1 aromatic rings. The summed E-state index contributed by atoms with van der Waals surface area (Å²) in [5.41, 5.74) is 5.06. The molecule has 23 heavy (non-hydrogen) atoms. The molecule has 1 aromatic carbocycles. The zero-order chi connectivity index (χ0) is 16.4. The summed E-state index contributed by atoms with van der Waals surface area (Å²) in [7, 11) is 1.57. The number of hydrogen-bond donors (Lipinski definition) is 1. The molecule has 0 saturated carbocycles. The van der Waals surface area contributed by atoms with Crippen molar-refractivity contribution in [3.63, 3.8) is 0 Å². The first-order valence-electron chi connectivity index (χ1n) is 7.36. The summed E-state index contributed by atoms with van der Waals surface area (Å²) in [5, 5.41) is 0. The minimum absolute atomic E-state index is 0.122. The van der Waals surface area contributed by atoms with Gasteiger partial charge < -0.3 is 15.2 Å². The van der Waals surface area contributed by atoms with E-state index >= 15 is 0 Å². The van der Waals surface area contributed by atoms with Crippen molar-refractivity contribution in [1.82, 2.24) is 4.90 Å². The number of guanidine groups is 1. The molecule has 0 aromatic heterocycles. The van der Waals surface area contributed by atoms with E-state index in [0.717, 1.165) is 12.8 Å². The molecular formula is C15H15BrFN3O3. The Kier molecular flexibility index (Phi) is 3.18. The first-order chi connectivity index (χ1) is 10.9. The van der Waals surface area contributed by atoms with Crippen molar-refractivity contribution in [1.29, 1.82) is 0 Å². The van der Waals surface area contributed by atoms with E-state index in [1.54, 1.807) is 7.05 Å². The lowest BCUT2D eigenvalue weighted by atomic mass is 9.77. The number of carbonyl (C=O) groups excluding carboxylic acids is 1. The summed E-state index contributed by atoms with van der Waals surface area (Å²) < 4.78 is 26.0. The van der Waals surface area contributed by atoms with Gasteiger partial charge in [-0.3, -0.25) is 9.69 Å². The third kappa shape index (κ3) is 1.88. The maximum Gasteiger partial charge on any atom is 0.264 e. The Hall–Kier alpha value is -1.67. The Bertz CT molecular complexity index is 741. The molecule has 3 atom stereocenters. The zero-order valence-corrected chi connectivity index (χ0v) is 14.0. The Balaban J connectivity index is 1.99. The number of hydrogen-bond acceptors (Lipinski definition) is 5. The molecule has 0 radical (unpaired) electrons. The molecule has 1 fully saturated rings. The molecule has 122 valence electrons. The van der Waals surface area contributed by atoms with E-state index in [9.17, 15) is 9.18 Å². The van der Waals surface area contributed by atoms with Crippen LogP contribution in [-0.4, -0.2) is 42.6 Å². The molecular weight excluding hydrogens is 369 g/mol. The largest absolute Gasteiger partial charge is 0.487 e. The van der Waals surface area contributed by atoms with Crippen LogP contribution in [0.3, 0.4) is 0 Å². The molecule has 4 rings (SSSR count). The SMILES string of the molecule is CN1C(=O)[C@]2(N=C1N)c1cc(Br)c(F)cc1O[C@H]1CCCO[C@@H]12. The lowest BCUT2D eigenvalue weighted by Crippen LogP contribution is -2.59. The van der Waals surface area contributed by atoms with E-state index < -0.39 is 17.5 Å². The van der Waals surface area contributed by atoms with E-state index in [4.69, 9.17) is 15.2 Å². The maximum atomic E-state index is 13.9. The average Bonchev–Trinajstić information content (AvgIpc) is 2.75. The lowest BCUT2D eigenvalue weighted by Gasteiger charge is -2.45. The summed E-state index contributed by atoms with van der Waals surface area (Å²) in [4.78, 5) is 18.8. The van der Waals surface area contributed by atoms with Crippen molar-refractivity contribution in [3.05, 3.63) is 28.0 Å². The average molecular weight is 384 g/mol. The fraction of sp³-hybridized carbons (Fsp3) is 0.467. The summed E-state index contributed by atoms with van der Waals surface area (Å²) in [6, 6.07) is 2.82. The van der Waals surface area contributed by atoms with Gasteiger partial charge in [-0.05, 0) is 34.8 Å². The van der Waals surface area contributed by atoms with Crippen LogP contribution in [0.15, 0.2) is 21.6 Å². The zero-order valence-electron chi connectivity index (χ0n) is 12.4. The normalized spacial score (nSPS) is 32.4. The van der Waals surface area contributed by atoms with Gasteiger partial charge in [-0.15, -0.1) is 0 Å². The summed E-state index contributed by atoms with van der Waals surface area (Å²) >= 11 is 3.17. The third-order valence-corrected chi connectivity index (χ3v) is 5.26. The van der Waals surface area contributed by atoms with Crippen LogP contribution in [-0.2, 0) is 15.1 Å². The van der Waals surface area contributed by atoms with Crippen LogP contribution in [0.1, 0.15) is 18.4 Å². The molecule has 1 amide bonds. The number of halogens is 2. The van der Waals surface area contributed by atoms with Crippen LogP contribution in [0.2, 0.25) is 0 Å². The van der Waals surface area contributed by atoms with Gasteiger partial charge in [0.2, 0.25) is 5.54 Å². The number of fused-ring (bicyclic) bond motifs is 4. The minimum atomic E-state index is -1.31. The molecule has 0 unspecified atom stereocenters. The van der Waals surface area contributed by atoms with Crippen LogP contribution >= 0.6 is 15.9 Å². The number of rotatable bonds is 0. The van der Waals surface area contributed by atoms with Crippen LogP contribution in [0.4, 0.5) is 4.39 Å². The number of nitrogens with two attached hydrogens (primary N) is 1. The molecule has 3 aliphatic heterocycles. The topological polar surface area (TPSA) is 77.2 Å². The van der Waals surface area contributed by atoms with Gasteiger partial charge in [0.25, 0.3) is 5.91 Å². The first kappa shape index (κ1) is 14.9. The predicted octanol–water partition coefficient (Wildman–Crippen LogP) is 1.51. The number of likely N-dealkylation sites (N-methyl/N-ethyl adjacent to an activating group) is 1. The number of amides is 1. The van der Waals surface area contributed by atoms with Crippen molar-refractivity contribution < 1.29 is 18.7 Å².